The van der Waals surface area contributed by atoms with E-state index in [4.69, 9.17) is 5.73 Å². The normalized spacial score (nSPS) is 18.3. The summed E-state index contributed by atoms with van der Waals surface area (Å²) in [5.41, 5.74) is 7.76. The van der Waals surface area contributed by atoms with Crippen LogP contribution in [0.3, 0.4) is 0 Å². The van der Waals surface area contributed by atoms with E-state index >= 15 is 0 Å². The average Bonchev–Trinajstić information content (AvgIpc) is 3.34. The first kappa shape index (κ1) is 22.9. The number of hydrogen-bond donors (Lipinski definition) is 2. The zero-order chi connectivity index (χ0) is 22.9. The highest BCUT2D eigenvalue weighted by molar-refractivity contribution is 7.88. The molecule has 0 spiro atoms. The largest absolute Gasteiger partial charge is 0.365 e. The van der Waals surface area contributed by atoms with Crippen molar-refractivity contribution in [2.45, 2.75) is 38.0 Å². The maximum atomic E-state index is 12.9. The monoisotopic (exact) mass is 476 g/mol. The molecular formula is C22H28N4O4S2. The molecule has 2 amide bonds. The Morgan fingerprint density at radius 3 is 2.47 bits per heavy atom. The SMILES string of the molecule is CC(C(=O)Nc1sc2c(c1C(N)=O)CCC2)N1CCN(S(=O)(=O)Cc2ccccc2)CC1. The van der Waals surface area contributed by atoms with Gasteiger partial charge in [-0.15, -0.1) is 11.3 Å². The van der Waals surface area contributed by atoms with Gasteiger partial charge in [0.05, 0.1) is 17.4 Å². The van der Waals surface area contributed by atoms with E-state index in [2.05, 4.69) is 5.32 Å². The number of sulfonamides is 1. The van der Waals surface area contributed by atoms with E-state index in [0.717, 1.165) is 35.3 Å². The molecule has 8 nitrogen and oxygen atoms in total. The number of nitrogens with one attached hydrogen (secondary N) is 1. The molecule has 10 heteroatoms. The summed E-state index contributed by atoms with van der Waals surface area (Å²) in [5, 5.41) is 3.43. The third-order valence-corrected chi connectivity index (χ3v) is 9.25. The molecule has 4 rings (SSSR count). The predicted octanol–water partition coefficient (Wildman–Crippen LogP) is 1.81. The fraction of sp³-hybridized carbons (Fsp3) is 0.455. The number of carbonyl (C=O) groups is 2. The second-order valence-electron chi connectivity index (χ2n) is 8.27. The van der Waals surface area contributed by atoms with Crippen LogP contribution in [0.4, 0.5) is 5.00 Å². The number of rotatable bonds is 7. The number of piperazine rings is 1. The lowest BCUT2D eigenvalue weighted by Crippen LogP contribution is -2.54. The van der Waals surface area contributed by atoms with Gasteiger partial charge in [-0.05, 0) is 37.3 Å². The molecule has 0 bridgehead atoms. The summed E-state index contributed by atoms with van der Waals surface area (Å²) in [6.45, 7) is 3.41. The number of amides is 2. The molecule has 2 aromatic rings. The molecule has 1 atom stereocenters. The van der Waals surface area contributed by atoms with Crippen molar-refractivity contribution in [2.75, 3.05) is 31.5 Å². The quantitative estimate of drug-likeness (QED) is 0.633. The Morgan fingerprint density at radius 1 is 1.12 bits per heavy atom. The van der Waals surface area contributed by atoms with Crippen LogP contribution >= 0.6 is 11.3 Å². The molecule has 1 aromatic heterocycles. The van der Waals surface area contributed by atoms with E-state index in [1.54, 1.807) is 19.1 Å². The first-order valence-electron chi connectivity index (χ1n) is 10.8. The van der Waals surface area contributed by atoms with E-state index in [1.807, 2.05) is 23.1 Å². The number of fused-ring (bicyclic) bond motifs is 1. The molecule has 32 heavy (non-hydrogen) atoms. The molecular weight excluding hydrogens is 448 g/mol. The molecule has 3 N–H and O–H groups in total. The summed E-state index contributed by atoms with van der Waals surface area (Å²) in [6, 6.07) is 8.68. The Hall–Kier alpha value is -2.27. The summed E-state index contributed by atoms with van der Waals surface area (Å²) >= 11 is 1.44. The molecule has 172 valence electrons. The third-order valence-electron chi connectivity index (χ3n) is 6.19. The lowest BCUT2D eigenvalue weighted by Gasteiger charge is -2.36. The highest BCUT2D eigenvalue weighted by atomic mass is 32.2. The van der Waals surface area contributed by atoms with Gasteiger partial charge in [0.2, 0.25) is 15.9 Å². The first-order valence-corrected chi connectivity index (χ1v) is 13.2. The molecule has 1 aliphatic heterocycles. The number of nitrogens with zero attached hydrogens (tertiary/aromatic N) is 2. The number of carbonyl (C=O) groups excluding carboxylic acids is 2. The molecule has 0 saturated carbocycles. The highest BCUT2D eigenvalue weighted by Crippen LogP contribution is 2.39. The maximum absolute atomic E-state index is 12.9. The van der Waals surface area contributed by atoms with Crippen LogP contribution in [0.5, 0.6) is 0 Å². The molecule has 1 aliphatic carbocycles. The standard InChI is InChI=1S/C22H28N4O4S2/c1-15(21(28)24-22-19(20(23)27)17-8-5-9-18(17)31-22)25-10-12-26(13-11-25)32(29,30)14-16-6-3-2-4-7-16/h2-4,6-7,15H,5,8-14H2,1H3,(H2,23,27)(H,24,28). The number of thiophene rings is 1. The number of primary amides is 1. The van der Waals surface area contributed by atoms with E-state index in [0.29, 0.717) is 36.7 Å². The number of nitrogens with two attached hydrogens (primary N) is 1. The number of aryl methyl sites for hydroxylation is 1. The van der Waals surface area contributed by atoms with Gasteiger partial charge in [-0.1, -0.05) is 30.3 Å². The van der Waals surface area contributed by atoms with Crippen LogP contribution in [0.25, 0.3) is 0 Å². The van der Waals surface area contributed by atoms with Gasteiger partial charge in [0.25, 0.3) is 5.91 Å². The van der Waals surface area contributed by atoms with Crippen LogP contribution in [0, 0.1) is 0 Å². The van der Waals surface area contributed by atoms with Gasteiger partial charge in [0.15, 0.2) is 0 Å². The van der Waals surface area contributed by atoms with Gasteiger partial charge < -0.3 is 11.1 Å². The molecule has 2 aliphatic rings. The van der Waals surface area contributed by atoms with Crippen molar-refractivity contribution in [3.63, 3.8) is 0 Å². The van der Waals surface area contributed by atoms with Crippen molar-refractivity contribution < 1.29 is 18.0 Å². The highest BCUT2D eigenvalue weighted by Gasteiger charge is 2.32. The minimum absolute atomic E-state index is 0.0250. The summed E-state index contributed by atoms with van der Waals surface area (Å²) in [6.07, 6.45) is 2.73. The van der Waals surface area contributed by atoms with Crippen LogP contribution in [-0.4, -0.2) is 61.7 Å². The van der Waals surface area contributed by atoms with Crippen molar-refractivity contribution in [1.29, 1.82) is 0 Å². The minimum Gasteiger partial charge on any atom is -0.365 e. The van der Waals surface area contributed by atoms with Crippen molar-refractivity contribution in [3.05, 3.63) is 51.9 Å². The fourth-order valence-electron chi connectivity index (χ4n) is 4.38. The molecule has 1 unspecified atom stereocenters. The van der Waals surface area contributed by atoms with Crippen molar-refractivity contribution in [3.8, 4) is 0 Å². The lowest BCUT2D eigenvalue weighted by molar-refractivity contribution is -0.121. The number of benzene rings is 1. The van der Waals surface area contributed by atoms with Gasteiger partial charge in [0, 0.05) is 31.1 Å². The fourth-order valence-corrected chi connectivity index (χ4v) is 7.19. The van der Waals surface area contributed by atoms with E-state index in [9.17, 15) is 18.0 Å². The predicted molar refractivity (Wildman–Crippen MR) is 125 cm³/mol. The van der Waals surface area contributed by atoms with Crippen LogP contribution in [0.15, 0.2) is 30.3 Å². The van der Waals surface area contributed by atoms with Crippen LogP contribution < -0.4 is 11.1 Å². The van der Waals surface area contributed by atoms with Crippen LogP contribution in [-0.2, 0) is 33.4 Å². The summed E-state index contributed by atoms with van der Waals surface area (Å²) in [5.74, 6) is -0.749. The Morgan fingerprint density at radius 2 is 1.81 bits per heavy atom. The Kier molecular flexibility index (Phi) is 6.66. The van der Waals surface area contributed by atoms with Crippen molar-refractivity contribution in [2.24, 2.45) is 5.73 Å². The topological polar surface area (TPSA) is 113 Å². The summed E-state index contributed by atoms with van der Waals surface area (Å²) in [4.78, 5) is 28.0. The van der Waals surface area contributed by atoms with Gasteiger partial charge >= 0.3 is 0 Å². The zero-order valence-corrected chi connectivity index (χ0v) is 19.7. The molecule has 1 fully saturated rings. The van der Waals surface area contributed by atoms with Crippen molar-refractivity contribution in [1.82, 2.24) is 9.21 Å². The molecule has 1 saturated heterocycles. The Bertz CT molecular complexity index is 1110. The molecule has 0 radical (unpaired) electrons. The average molecular weight is 477 g/mol. The van der Waals surface area contributed by atoms with E-state index in [1.165, 1.54) is 15.6 Å². The van der Waals surface area contributed by atoms with Gasteiger partial charge in [-0.2, -0.15) is 4.31 Å². The van der Waals surface area contributed by atoms with Crippen molar-refractivity contribution >= 4 is 38.2 Å². The lowest BCUT2D eigenvalue weighted by atomic mass is 10.1. The first-order chi connectivity index (χ1) is 15.3. The number of anilines is 1. The maximum Gasteiger partial charge on any atom is 0.251 e. The third kappa shape index (κ3) is 4.73. The zero-order valence-electron chi connectivity index (χ0n) is 18.0. The number of hydrogen-bond acceptors (Lipinski definition) is 6. The van der Waals surface area contributed by atoms with Gasteiger partial charge in [-0.3, -0.25) is 14.5 Å². The van der Waals surface area contributed by atoms with Crippen LogP contribution in [0.2, 0.25) is 0 Å². The van der Waals surface area contributed by atoms with Crippen LogP contribution in [0.1, 0.15) is 39.7 Å². The van der Waals surface area contributed by atoms with Gasteiger partial charge in [-0.25, -0.2) is 8.42 Å². The molecule has 2 heterocycles. The summed E-state index contributed by atoms with van der Waals surface area (Å²) in [7, 11) is -3.41. The minimum atomic E-state index is -3.41. The van der Waals surface area contributed by atoms with E-state index < -0.39 is 22.0 Å². The van der Waals surface area contributed by atoms with E-state index in [-0.39, 0.29) is 11.7 Å². The second-order valence-corrected chi connectivity index (χ2v) is 11.3. The Labute approximate surface area is 192 Å². The smallest absolute Gasteiger partial charge is 0.251 e. The Balaban J connectivity index is 1.36. The molecule has 1 aromatic carbocycles. The summed E-state index contributed by atoms with van der Waals surface area (Å²) < 4.78 is 27.0. The second kappa shape index (κ2) is 9.30. The van der Waals surface area contributed by atoms with Gasteiger partial charge in [0.1, 0.15) is 5.00 Å².